The summed E-state index contributed by atoms with van der Waals surface area (Å²) < 4.78 is 1.43. The summed E-state index contributed by atoms with van der Waals surface area (Å²) in [6.07, 6.45) is 0. The normalized spacial score (nSPS) is 13.1. The molecule has 4 aromatic rings. The molecule has 0 bridgehead atoms. The van der Waals surface area contributed by atoms with Crippen LogP contribution in [-0.2, 0) is 6.54 Å². The average molecular weight is 419 g/mol. The van der Waals surface area contributed by atoms with Gasteiger partial charge in [0.05, 0.1) is 11.0 Å². The monoisotopic (exact) mass is 418 g/mol. The van der Waals surface area contributed by atoms with E-state index < -0.39 is 0 Å². The van der Waals surface area contributed by atoms with Crippen LogP contribution in [0.4, 0.5) is 5.69 Å². The standard InChI is InChI=1S/C23H19ClN4O2/c1-27(2)10-11-28-22(29)16-5-3-4-15-19(16)17(23(28)30)12-18-20(15)26-21(25-18)13-6-8-14(24)9-7-13/h3-9,12,30H,10-11H2,1-2H3. The molecule has 6 nitrogen and oxygen atoms in total. The van der Waals surface area contributed by atoms with Crippen molar-refractivity contribution in [3.8, 4) is 5.88 Å². The van der Waals surface area contributed by atoms with E-state index in [9.17, 15) is 9.90 Å². The summed E-state index contributed by atoms with van der Waals surface area (Å²) in [7, 11) is 3.86. The number of nitrogens with zero attached hydrogens (tertiary/aromatic N) is 4. The number of hydrogen-bond donors (Lipinski definition) is 1. The van der Waals surface area contributed by atoms with Gasteiger partial charge in [0.1, 0.15) is 0 Å². The van der Waals surface area contributed by atoms with Gasteiger partial charge in [0.15, 0.2) is 5.84 Å². The Hall–Kier alpha value is -3.22. The van der Waals surface area contributed by atoms with Crippen LogP contribution in [0.25, 0.3) is 21.5 Å². The van der Waals surface area contributed by atoms with Crippen LogP contribution in [0.5, 0.6) is 5.88 Å². The molecule has 0 radical (unpaired) electrons. The maximum atomic E-state index is 13.1. The summed E-state index contributed by atoms with van der Waals surface area (Å²) in [5.41, 5.74) is 1.32. The molecule has 1 aliphatic heterocycles. The summed E-state index contributed by atoms with van der Waals surface area (Å²) in [5.74, 6) is 0.545. The Morgan fingerprint density at radius 3 is 2.50 bits per heavy atom. The van der Waals surface area contributed by atoms with E-state index in [1.54, 1.807) is 18.2 Å². The van der Waals surface area contributed by atoms with Crippen molar-refractivity contribution in [2.45, 2.75) is 6.54 Å². The minimum Gasteiger partial charge on any atom is -0.494 e. The lowest BCUT2D eigenvalue weighted by atomic mass is 10.0. The van der Waals surface area contributed by atoms with Crippen molar-refractivity contribution in [1.29, 1.82) is 0 Å². The van der Waals surface area contributed by atoms with Crippen LogP contribution in [0, 0.1) is 0 Å². The molecule has 1 N–H and O–H groups in total. The fraction of sp³-hybridized carbons (Fsp3) is 0.174. The Morgan fingerprint density at radius 2 is 1.77 bits per heavy atom. The predicted molar refractivity (Wildman–Crippen MR) is 120 cm³/mol. The van der Waals surface area contributed by atoms with Gasteiger partial charge in [0.2, 0.25) is 5.88 Å². The average Bonchev–Trinajstić information content (AvgIpc) is 3.16. The number of benzene rings is 3. The molecule has 0 amide bonds. The van der Waals surface area contributed by atoms with Crippen molar-refractivity contribution in [2.75, 3.05) is 20.6 Å². The molecular formula is C23H19ClN4O2. The topological polar surface area (TPSA) is 70.2 Å². The van der Waals surface area contributed by atoms with Crippen LogP contribution in [0.1, 0.15) is 5.56 Å². The van der Waals surface area contributed by atoms with E-state index in [-0.39, 0.29) is 11.4 Å². The molecule has 150 valence electrons. The molecule has 30 heavy (non-hydrogen) atoms. The zero-order chi connectivity index (χ0) is 21.0. The highest BCUT2D eigenvalue weighted by atomic mass is 35.5. The van der Waals surface area contributed by atoms with Crippen LogP contribution in [0.2, 0.25) is 5.02 Å². The smallest absolute Gasteiger partial charge is 0.261 e. The van der Waals surface area contributed by atoms with E-state index in [1.165, 1.54) is 4.57 Å². The van der Waals surface area contributed by atoms with Crippen LogP contribution >= 0.6 is 11.6 Å². The number of amidine groups is 1. The fourth-order valence-electron chi connectivity index (χ4n) is 3.88. The number of likely N-dealkylation sites (N-methyl/N-ethyl adjacent to an activating group) is 1. The molecule has 0 atom stereocenters. The third kappa shape index (κ3) is 2.88. The first-order valence-corrected chi connectivity index (χ1v) is 10.0. The molecule has 7 heteroatoms. The molecule has 3 aromatic carbocycles. The second-order valence-corrected chi connectivity index (χ2v) is 8.09. The zero-order valence-corrected chi connectivity index (χ0v) is 17.3. The number of aliphatic imine (C=N–C) groups is 1. The molecule has 0 unspecified atom stereocenters. The van der Waals surface area contributed by atoms with E-state index in [4.69, 9.17) is 16.6 Å². The van der Waals surface area contributed by atoms with Crippen LogP contribution in [0.15, 0.2) is 63.3 Å². The Balaban J connectivity index is 1.78. The molecule has 1 aliphatic rings. The van der Waals surface area contributed by atoms with Gasteiger partial charge in [-0.3, -0.25) is 9.36 Å². The molecule has 2 heterocycles. The third-order valence-electron chi connectivity index (χ3n) is 5.40. The van der Waals surface area contributed by atoms with Gasteiger partial charge in [-0.15, -0.1) is 0 Å². The Morgan fingerprint density at radius 1 is 1.03 bits per heavy atom. The van der Waals surface area contributed by atoms with Crippen molar-refractivity contribution >= 4 is 44.7 Å². The Labute approximate surface area is 177 Å². The molecule has 0 spiro atoms. The van der Waals surface area contributed by atoms with Crippen LogP contribution in [0.3, 0.4) is 0 Å². The number of pyridine rings is 1. The van der Waals surface area contributed by atoms with Crippen molar-refractivity contribution in [3.63, 3.8) is 0 Å². The van der Waals surface area contributed by atoms with Gasteiger partial charge in [-0.2, -0.15) is 0 Å². The largest absolute Gasteiger partial charge is 0.494 e. The lowest BCUT2D eigenvalue weighted by Gasteiger charge is -2.16. The summed E-state index contributed by atoms with van der Waals surface area (Å²) >= 11 is 6.00. The first-order chi connectivity index (χ1) is 14.4. The van der Waals surface area contributed by atoms with Crippen LogP contribution in [-0.4, -0.2) is 41.0 Å². The number of hydrogen-bond acceptors (Lipinski definition) is 5. The van der Waals surface area contributed by atoms with Gasteiger partial charge in [-0.1, -0.05) is 23.7 Å². The van der Waals surface area contributed by atoms with E-state index in [1.807, 2.05) is 49.3 Å². The molecule has 1 aromatic heterocycles. The highest BCUT2D eigenvalue weighted by molar-refractivity contribution is 6.30. The summed E-state index contributed by atoms with van der Waals surface area (Å²) in [5, 5.41) is 15.0. The van der Waals surface area contributed by atoms with Gasteiger partial charge < -0.3 is 10.0 Å². The number of aromatic hydroxyl groups is 1. The molecule has 0 aliphatic carbocycles. The second kappa shape index (κ2) is 6.93. The van der Waals surface area contributed by atoms with Gasteiger partial charge in [-0.25, -0.2) is 9.98 Å². The minimum absolute atomic E-state index is 0.0384. The number of halogens is 1. The molecule has 0 fully saturated rings. The Kier molecular flexibility index (Phi) is 4.34. The third-order valence-corrected chi connectivity index (χ3v) is 5.65. The van der Waals surface area contributed by atoms with Crippen molar-refractivity contribution in [2.24, 2.45) is 9.98 Å². The summed E-state index contributed by atoms with van der Waals surface area (Å²) in [6.45, 7) is 1.04. The zero-order valence-electron chi connectivity index (χ0n) is 16.6. The number of fused-ring (bicyclic) bond motifs is 2. The van der Waals surface area contributed by atoms with Gasteiger partial charge in [-0.05, 0) is 50.5 Å². The molecular weight excluding hydrogens is 400 g/mol. The maximum Gasteiger partial charge on any atom is 0.261 e. The van der Waals surface area contributed by atoms with E-state index in [0.29, 0.717) is 45.8 Å². The van der Waals surface area contributed by atoms with Gasteiger partial charge in [0, 0.05) is 45.2 Å². The van der Waals surface area contributed by atoms with E-state index in [2.05, 4.69) is 4.99 Å². The quantitative estimate of drug-likeness (QED) is 0.551. The molecule has 5 rings (SSSR count). The first kappa shape index (κ1) is 18.8. The Bertz CT molecular complexity index is 1450. The van der Waals surface area contributed by atoms with Crippen molar-refractivity contribution in [1.82, 2.24) is 9.47 Å². The van der Waals surface area contributed by atoms with Gasteiger partial charge in [0.25, 0.3) is 5.56 Å². The lowest BCUT2D eigenvalue weighted by molar-refractivity contribution is 0.353. The number of rotatable bonds is 4. The highest BCUT2D eigenvalue weighted by Crippen LogP contribution is 2.33. The summed E-state index contributed by atoms with van der Waals surface area (Å²) in [6, 6.07) is 14.7. The molecule has 0 saturated carbocycles. The number of aromatic nitrogens is 1. The summed E-state index contributed by atoms with van der Waals surface area (Å²) in [4.78, 5) is 24.5. The predicted octanol–water partition coefficient (Wildman–Crippen LogP) is 3.51. The SMILES string of the molecule is CN(C)CCn1c(O)c2cc3c(c4cccc(c1=O)c24)=NC(c1ccc(Cl)cc1)=N3. The van der Waals surface area contributed by atoms with Crippen LogP contribution < -0.4 is 10.9 Å². The fourth-order valence-corrected chi connectivity index (χ4v) is 4.01. The second-order valence-electron chi connectivity index (χ2n) is 7.66. The van der Waals surface area contributed by atoms with E-state index in [0.717, 1.165) is 16.3 Å². The maximum absolute atomic E-state index is 13.1. The van der Waals surface area contributed by atoms with Crippen molar-refractivity contribution in [3.05, 3.63) is 74.8 Å². The first-order valence-electron chi connectivity index (χ1n) is 9.63. The molecule has 0 saturated heterocycles. The van der Waals surface area contributed by atoms with Gasteiger partial charge >= 0.3 is 0 Å². The van der Waals surface area contributed by atoms with E-state index >= 15 is 0 Å². The highest BCUT2D eigenvalue weighted by Gasteiger charge is 2.20. The minimum atomic E-state index is -0.204. The lowest BCUT2D eigenvalue weighted by Crippen LogP contribution is -2.27. The van der Waals surface area contributed by atoms with Crippen molar-refractivity contribution < 1.29 is 5.11 Å².